The van der Waals surface area contributed by atoms with Gasteiger partial charge in [-0.15, -0.1) is 0 Å². The highest BCUT2D eigenvalue weighted by atomic mass is 19.4. The van der Waals surface area contributed by atoms with Gasteiger partial charge in [-0.2, -0.15) is 18.4 Å². The van der Waals surface area contributed by atoms with Crippen LogP contribution in [0.2, 0.25) is 0 Å². The summed E-state index contributed by atoms with van der Waals surface area (Å²) in [5, 5.41) is 12.3. The number of pyridine rings is 2. The van der Waals surface area contributed by atoms with Gasteiger partial charge in [-0.3, -0.25) is 9.59 Å². The van der Waals surface area contributed by atoms with E-state index in [9.17, 15) is 28.0 Å². The highest BCUT2D eigenvalue weighted by molar-refractivity contribution is 6.02. The van der Waals surface area contributed by atoms with Crippen molar-refractivity contribution in [2.45, 2.75) is 25.4 Å². The van der Waals surface area contributed by atoms with Crippen molar-refractivity contribution in [3.8, 4) is 6.07 Å². The molecule has 3 heterocycles. The van der Waals surface area contributed by atoms with Crippen molar-refractivity contribution in [3.63, 3.8) is 0 Å². The highest BCUT2D eigenvalue weighted by Crippen LogP contribution is 2.52. The average molecular weight is 430 g/mol. The normalized spacial score (nSPS) is 21.1. The van der Waals surface area contributed by atoms with Crippen molar-refractivity contribution in [2.24, 2.45) is 17.1 Å². The Labute approximate surface area is 174 Å². The summed E-state index contributed by atoms with van der Waals surface area (Å²) in [5.74, 6) is -1.48. The van der Waals surface area contributed by atoms with Gasteiger partial charge in [-0.25, -0.2) is 9.97 Å². The van der Waals surface area contributed by atoms with Crippen molar-refractivity contribution in [3.05, 3.63) is 41.7 Å². The maximum Gasteiger partial charge on any atom is 0.417 e. The van der Waals surface area contributed by atoms with Crippen LogP contribution in [0.5, 0.6) is 0 Å². The Kier molecular flexibility index (Phi) is 4.80. The molecule has 2 aromatic heterocycles. The number of nitriles is 1. The largest absolute Gasteiger partial charge is 0.417 e. The standard InChI is InChI=1S/C20H17F3N6O2/c21-20(22,23)14-8-16(27-9-13(14)17(25)30)28-15-7-12(3-5-26-15)29-6-4-19(10-24,18(29)31)11-1-2-11/h3,5,7-9,11H,1-2,4,6H2,(H2,25,30)(H,26,27,28)/t19-/m1/s1. The molecule has 0 radical (unpaired) electrons. The molecule has 2 fully saturated rings. The number of alkyl halides is 3. The smallest absolute Gasteiger partial charge is 0.366 e. The number of nitrogens with one attached hydrogen (secondary N) is 1. The number of carbonyl (C=O) groups is 2. The molecule has 1 aliphatic carbocycles. The Morgan fingerprint density at radius 2 is 2.00 bits per heavy atom. The van der Waals surface area contributed by atoms with Crippen molar-refractivity contribution >= 4 is 29.1 Å². The molecule has 2 aromatic rings. The summed E-state index contributed by atoms with van der Waals surface area (Å²) in [6, 6.07) is 5.96. The number of aromatic nitrogens is 2. The molecule has 0 unspecified atom stereocenters. The van der Waals surface area contributed by atoms with E-state index in [-0.39, 0.29) is 23.5 Å². The van der Waals surface area contributed by atoms with Gasteiger partial charge in [0.25, 0.3) is 5.91 Å². The number of nitrogens with two attached hydrogens (primary N) is 1. The molecule has 160 valence electrons. The predicted molar refractivity (Wildman–Crippen MR) is 103 cm³/mol. The number of halogens is 3. The second-order valence-electron chi connectivity index (χ2n) is 7.57. The molecule has 8 nitrogen and oxygen atoms in total. The van der Waals surface area contributed by atoms with E-state index in [2.05, 4.69) is 21.4 Å². The second kappa shape index (κ2) is 7.23. The minimum atomic E-state index is -4.80. The van der Waals surface area contributed by atoms with Gasteiger partial charge in [0.05, 0.1) is 17.2 Å². The Bertz CT molecular complexity index is 1110. The number of hydrogen-bond donors (Lipinski definition) is 2. The fourth-order valence-electron chi connectivity index (χ4n) is 3.88. The van der Waals surface area contributed by atoms with Crippen LogP contribution in [0.25, 0.3) is 0 Å². The molecule has 2 amide bonds. The fraction of sp³-hybridized carbons (Fsp3) is 0.350. The lowest BCUT2D eigenvalue weighted by molar-refractivity contribution is -0.138. The Morgan fingerprint density at radius 1 is 1.29 bits per heavy atom. The molecule has 2 aliphatic rings. The minimum Gasteiger partial charge on any atom is -0.366 e. The van der Waals surface area contributed by atoms with Gasteiger partial charge in [0.2, 0.25) is 5.91 Å². The van der Waals surface area contributed by atoms with Crippen molar-refractivity contribution in [1.29, 1.82) is 5.26 Å². The summed E-state index contributed by atoms with van der Waals surface area (Å²) in [4.78, 5) is 33.6. The number of hydrogen-bond acceptors (Lipinski definition) is 6. The Balaban J connectivity index is 1.60. The predicted octanol–water partition coefficient (Wildman–Crippen LogP) is 2.99. The summed E-state index contributed by atoms with van der Waals surface area (Å²) in [7, 11) is 0. The first-order chi connectivity index (χ1) is 14.7. The molecule has 1 atom stereocenters. The van der Waals surface area contributed by atoms with Gasteiger partial charge in [0.15, 0.2) is 0 Å². The van der Waals surface area contributed by atoms with E-state index in [1.165, 1.54) is 17.2 Å². The first-order valence-electron chi connectivity index (χ1n) is 9.49. The summed E-state index contributed by atoms with van der Waals surface area (Å²) in [5.41, 5.74) is 2.51. The van der Waals surface area contributed by atoms with E-state index in [1.54, 1.807) is 6.07 Å². The zero-order valence-electron chi connectivity index (χ0n) is 16.1. The van der Waals surface area contributed by atoms with Crippen LogP contribution in [0.4, 0.5) is 30.5 Å². The summed E-state index contributed by atoms with van der Waals surface area (Å²) < 4.78 is 39.8. The number of anilines is 3. The van der Waals surface area contributed by atoms with Crippen LogP contribution < -0.4 is 16.0 Å². The molecule has 4 rings (SSSR count). The number of carbonyl (C=O) groups excluding carboxylic acids is 2. The highest BCUT2D eigenvalue weighted by Gasteiger charge is 2.56. The molecule has 0 aromatic carbocycles. The zero-order chi connectivity index (χ0) is 22.4. The maximum absolute atomic E-state index is 13.3. The maximum atomic E-state index is 13.3. The first kappa shape index (κ1) is 20.6. The number of amides is 2. The van der Waals surface area contributed by atoms with Crippen LogP contribution in [0.3, 0.4) is 0 Å². The van der Waals surface area contributed by atoms with Gasteiger partial charge < -0.3 is 16.0 Å². The molecule has 1 aliphatic heterocycles. The lowest BCUT2D eigenvalue weighted by Crippen LogP contribution is -2.35. The summed E-state index contributed by atoms with van der Waals surface area (Å²) >= 11 is 0. The van der Waals surface area contributed by atoms with Crippen LogP contribution in [0.15, 0.2) is 30.6 Å². The number of primary amides is 1. The summed E-state index contributed by atoms with van der Waals surface area (Å²) in [6.07, 6.45) is -0.516. The molecular formula is C20H17F3N6O2. The van der Waals surface area contributed by atoms with Gasteiger partial charge >= 0.3 is 6.18 Å². The lowest BCUT2D eigenvalue weighted by Gasteiger charge is -2.21. The molecule has 0 spiro atoms. The third kappa shape index (κ3) is 3.65. The van der Waals surface area contributed by atoms with Crippen molar-refractivity contribution in [2.75, 3.05) is 16.8 Å². The summed E-state index contributed by atoms with van der Waals surface area (Å²) in [6.45, 7) is 0.371. The van der Waals surface area contributed by atoms with Crippen molar-refractivity contribution < 1.29 is 22.8 Å². The third-order valence-electron chi connectivity index (χ3n) is 5.62. The van der Waals surface area contributed by atoms with E-state index in [0.29, 0.717) is 24.7 Å². The van der Waals surface area contributed by atoms with Crippen LogP contribution >= 0.6 is 0 Å². The fourth-order valence-corrected chi connectivity index (χ4v) is 3.88. The van der Waals surface area contributed by atoms with E-state index in [0.717, 1.165) is 19.0 Å². The number of rotatable bonds is 5. The van der Waals surface area contributed by atoms with E-state index in [1.807, 2.05) is 0 Å². The third-order valence-corrected chi connectivity index (χ3v) is 5.62. The lowest BCUT2D eigenvalue weighted by atomic mass is 9.83. The van der Waals surface area contributed by atoms with Gasteiger partial charge in [0, 0.05) is 30.7 Å². The molecule has 1 saturated carbocycles. The van der Waals surface area contributed by atoms with Crippen LogP contribution in [-0.2, 0) is 11.0 Å². The Morgan fingerprint density at radius 3 is 2.61 bits per heavy atom. The molecule has 0 bridgehead atoms. The topological polar surface area (TPSA) is 125 Å². The monoisotopic (exact) mass is 430 g/mol. The number of nitrogens with zero attached hydrogens (tertiary/aromatic N) is 4. The zero-order valence-corrected chi connectivity index (χ0v) is 16.1. The molecule has 3 N–H and O–H groups in total. The van der Waals surface area contributed by atoms with Crippen molar-refractivity contribution in [1.82, 2.24) is 9.97 Å². The average Bonchev–Trinajstić information content (AvgIpc) is 3.51. The SMILES string of the molecule is N#C[C@@]1(C2CC2)CCN(c2ccnc(Nc3cc(C(F)(F)F)c(C(N)=O)cn3)c2)C1=O. The first-order valence-corrected chi connectivity index (χ1v) is 9.49. The van der Waals surface area contributed by atoms with Gasteiger partial charge in [0.1, 0.15) is 17.1 Å². The second-order valence-corrected chi connectivity index (χ2v) is 7.57. The van der Waals surface area contributed by atoms with E-state index in [4.69, 9.17) is 5.73 Å². The molecule has 1 saturated heterocycles. The Hall–Kier alpha value is -3.68. The molecule has 31 heavy (non-hydrogen) atoms. The van der Waals surface area contributed by atoms with Crippen LogP contribution in [-0.4, -0.2) is 28.3 Å². The molecule has 11 heteroatoms. The minimum absolute atomic E-state index is 0.0724. The van der Waals surface area contributed by atoms with Crippen LogP contribution in [0.1, 0.15) is 35.2 Å². The van der Waals surface area contributed by atoms with E-state index < -0.39 is 28.6 Å². The van der Waals surface area contributed by atoms with E-state index >= 15 is 0 Å². The quantitative estimate of drug-likeness (QED) is 0.751. The van der Waals surface area contributed by atoms with Crippen LogP contribution in [0, 0.1) is 22.7 Å². The molecular weight excluding hydrogens is 413 g/mol. The van der Waals surface area contributed by atoms with Gasteiger partial charge in [-0.1, -0.05) is 0 Å². The van der Waals surface area contributed by atoms with Gasteiger partial charge in [-0.05, 0) is 37.3 Å².